The third kappa shape index (κ3) is 4.11. The Morgan fingerprint density at radius 1 is 1.14 bits per heavy atom. The summed E-state index contributed by atoms with van der Waals surface area (Å²) in [5.74, 6) is -1.25. The number of carbonyl (C=O) groups excluding carboxylic acids is 1. The molecule has 1 saturated heterocycles. The van der Waals surface area contributed by atoms with Crippen LogP contribution in [0.4, 0.5) is 8.78 Å². The molecule has 2 heterocycles. The number of aryl methyl sites for hydroxylation is 2. The lowest BCUT2D eigenvalue weighted by Crippen LogP contribution is -2.42. The van der Waals surface area contributed by atoms with Gasteiger partial charge in [-0.2, -0.15) is 0 Å². The van der Waals surface area contributed by atoms with Crippen LogP contribution in [0.3, 0.4) is 0 Å². The second kappa shape index (κ2) is 7.85. The Labute approximate surface area is 168 Å². The largest absolute Gasteiger partial charge is 0.487 e. The molecule has 1 aromatic heterocycles. The first kappa shape index (κ1) is 19.4. The van der Waals surface area contributed by atoms with Gasteiger partial charge in [-0.15, -0.1) is 0 Å². The maximum Gasteiger partial charge on any atom is 0.227 e. The van der Waals surface area contributed by atoms with Crippen LogP contribution in [0.15, 0.2) is 41.0 Å². The molecule has 1 fully saturated rings. The normalized spacial score (nSPS) is 15.1. The fraction of sp³-hybridized carbons (Fsp3) is 0.348. The summed E-state index contributed by atoms with van der Waals surface area (Å²) in [5, 5.41) is 0.978. The first-order valence-electron chi connectivity index (χ1n) is 9.77. The average Bonchev–Trinajstić information content (AvgIpc) is 3.06. The molecule has 0 aliphatic carbocycles. The number of piperidine rings is 1. The van der Waals surface area contributed by atoms with Gasteiger partial charge in [-0.3, -0.25) is 4.79 Å². The van der Waals surface area contributed by atoms with Crippen LogP contribution in [-0.4, -0.2) is 30.0 Å². The van der Waals surface area contributed by atoms with E-state index < -0.39 is 11.6 Å². The monoisotopic (exact) mass is 399 g/mol. The van der Waals surface area contributed by atoms with Gasteiger partial charge >= 0.3 is 0 Å². The fourth-order valence-electron chi connectivity index (χ4n) is 3.72. The first-order chi connectivity index (χ1) is 13.9. The molecule has 0 spiro atoms. The van der Waals surface area contributed by atoms with Crippen molar-refractivity contribution in [3.05, 3.63) is 64.9 Å². The number of hydrogen-bond donors (Lipinski definition) is 0. The fourth-order valence-corrected chi connectivity index (χ4v) is 3.72. The van der Waals surface area contributed by atoms with Crippen LogP contribution >= 0.6 is 0 Å². The van der Waals surface area contributed by atoms with Gasteiger partial charge in [0.25, 0.3) is 0 Å². The highest BCUT2D eigenvalue weighted by Crippen LogP contribution is 2.27. The van der Waals surface area contributed by atoms with E-state index in [1.807, 2.05) is 19.9 Å². The van der Waals surface area contributed by atoms with Gasteiger partial charge in [0.1, 0.15) is 17.5 Å². The van der Waals surface area contributed by atoms with E-state index in [1.54, 1.807) is 11.2 Å². The Morgan fingerprint density at radius 3 is 2.59 bits per heavy atom. The third-order valence-corrected chi connectivity index (χ3v) is 5.59. The molecule has 0 bridgehead atoms. The highest BCUT2D eigenvalue weighted by molar-refractivity contribution is 5.88. The van der Waals surface area contributed by atoms with E-state index >= 15 is 0 Å². The summed E-state index contributed by atoms with van der Waals surface area (Å²) < 4.78 is 38.1. The van der Waals surface area contributed by atoms with Crippen molar-refractivity contribution in [2.45, 2.75) is 39.2 Å². The molecule has 0 unspecified atom stereocenters. The Hall–Kier alpha value is -2.89. The average molecular weight is 399 g/mol. The summed E-state index contributed by atoms with van der Waals surface area (Å²) in [6, 6.07) is 7.35. The van der Waals surface area contributed by atoms with Gasteiger partial charge in [-0.1, -0.05) is 0 Å². The zero-order valence-electron chi connectivity index (χ0n) is 16.5. The summed E-state index contributed by atoms with van der Waals surface area (Å²) in [5.41, 5.74) is 4.01. The molecule has 0 atom stereocenters. The number of amides is 1. The van der Waals surface area contributed by atoms with Crippen molar-refractivity contribution in [1.82, 2.24) is 4.90 Å². The predicted octanol–water partition coefficient (Wildman–Crippen LogP) is 4.94. The van der Waals surface area contributed by atoms with Crippen molar-refractivity contribution < 1.29 is 22.7 Å². The number of halogens is 2. The molecule has 0 N–H and O–H groups in total. The molecule has 6 heteroatoms. The first-order valence-corrected chi connectivity index (χ1v) is 9.77. The van der Waals surface area contributed by atoms with Crippen molar-refractivity contribution in [1.29, 1.82) is 0 Å². The molecule has 152 valence electrons. The van der Waals surface area contributed by atoms with Crippen molar-refractivity contribution in [3.8, 4) is 5.75 Å². The van der Waals surface area contributed by atoms with E-state index in [2.05, 4.69) is 6.07 Å². The van der Waals surface area contributed by atoms with Crippen LogP contribution in [0.1, 0.15) is 29.5 Å². The molecule has 29 heavy (non-hydrogen) atoms. The minimum absolute atomic E-state index is 0.0392. The number of ether oxygens (including phenoxy) is 1. The SMILES string of the molecule is Cc1cc2occ(CC(=O)N3CCC(Oc4ccc(F)cc4F)CC3)c2cc1C. The van der Waals surface area contributed by atoms with E-state index in [-0.39, 0.29) is 24.2 Å². The molecule has 0 radical (unpaired) electrons. The number of carbonyl (C=O) groups is 1. The highest BCUT2D eigenvalue weighted by atomic mass is 19.1. The topological polar surface area (TPSA) is 42.7 Å². The molecule has 1 aliphatic heterocycles. The zero-order chi connectivity index (χ0) is 20.5. The molecule has 0 saturated carbocycles. The predicted molar refractivity (Wildman–Crippen MR) is 106 cm³/mol. The molecule has 2 aromatic carbocycles. The van der Waals surface area contributed by atoms with Gasteiger partial charge in [-0.25, -0.2) is 8.78 Å². The summed E-state index contributed by atoms with van der Waals surface area (Å²) >= 11 is 0. The number of benzene rings is 2. The van der Waals surface area contributed by atoms with Crippen LogP contribution in [0.2, 0.25) is 0 Å². The van der Waals surface area contributed by atoms with E-state index in [9.17, 15) is 13.6 Å². The number of nitrogens with zero attached hydrogens (tertiary/aromatic N) is 1. The number of fused-ring (bicyclic) bond motifs is 1. The summed E-state index contributed by atoms with van der Waals surface area (Å²) in [7, 11) is 0. The van der Waals surface area contributed by atoms with Crippen molar-refractivity contribution >= 4 is 16.9 Å². The standard InChI is InChI=1S/C23H23F2NO3/c1-14-9-19-16(13-28-22(19)10-15(14)2)11-23(27)26-7-5-18(6-8-26)29-21-4-3-17(24)12-20(21)25/h3-4,9-10,12-13,18H,5-8,11H2,1-2H3. The lowest BCUT2D eigenvalue weighted by Gasteiger charge is -2.32. The summed E-state index contributed by atoms with van der Waals surface area (Å²) in [4.78, 5) is 14.6. The second-order valence-electron chi connectivity index (χ2n) is 7.64. The van der Waals surface area contributed by atoms with Gasteiger partial charge < -0.3 is 14.1 Å². The minimum Gasteiger partial charge on any atom is -0.487 e. The van der Waals surface area contributed by atoms with Gasteiger partial charge in [0, 0.05) is 42.9 Å². The van der Waals surface area contributed by atoms with Crippen molar-refractivity contribution in [3.63, 3.8) is 0 Å². The van der Waals surface area contributed by atoms with Crippen molar-refractivity contribution in [2.75, 3.05) is 13.1 Å². The van der Waals surface area contributed by atoms with E-state index in [4.69, 9.17) is 9.15 Å². The van der Waals surface area contributed by atoms with Crippen LogP contribution in [0, 0.1) is 25.5 Å². The Morgan fingerprint density at radius 2 is 1.86 bits per heavy atom. The van der Waals surface area contributed by atoms with Gasteiger partial charge in [-0.05, 0) is 49.2 Å². The lowest BCUT2D eigenvalue weighted by atomic mass is 10.0. The zero-order valence-corrected chi connectivity index (χ0v) is 16.5. The molecular formula is C23H23F2NO3. The van der Waals surface area contributed by atoms with Gasteiger partial charge in [0.15, 0.2) is 11.6 Å². The number of likely N-dealkylation sites (tertiary alicyclic amines) is 1. The molecule has 1 aliphatic rings. The number of rotatable bonds is 4. The molecule has 3 aromatic rings. The molecule has 4 nitrogen and oxygen atoms in total. The minimum atomic E-state index is -0.708. The second-order valence-corrected chi connectivity index (χ2v) is 7.64. The van der Waals surface area contributed by atoms with Crippen LogP contribution in [0.25, 0.3) is 11.0 Å². The highest BCUT2D eigenvalue weighted by Gasteiger charge is 2.25. The Bertz CT molecular complexity index is 1050. The Kier molecular flexibility index (Phi) is 5.26. The third-order valence-electron chi connectivity index (χ3n) is 5.59. The van der Waals surface area contributed by atoms with Crippen LogP contribution in [0.5, 0.6) is 5.75 Å². The maximum absolute atomic E-state index is 13.8. The Balaban J connectivity index is 1.36. The van der Waals surface area contributed by atoms with Crippen LogP contribution < -0.4 is 4.74 Å². The number of hydrogen-bond acceptors (Lipinski definition) is 3. The van der Waals surface area contributed by atoms with E-state index in [0.717, 1.165) is 28.2 Å². The van der Waals surface area contributed by atoms with E-state index in [0.29, 0.717) is 25.9 Å². The van der Waals surface area contributed by atoms with Crippen molar-refractivity contribution in [2.24, 2.45) is 0 Å². The van der Waals surface area contributed by atoms with Crippen LogP contribution in [-0.2, 0) is 11.2 Å². The quantitative estimate of drug-likeness (QED) is 0.624. The molecule has 4 rings (SSSR count). The van der Waals surface area contributed by atoms with Gasteiger partial charge in [0.2, 0.25) is 5.91 Å². The number of furan rings is 1. The smallest absolute Gasteiger partial charge is 0.227 e. The van der Waals surface area contributed by atoms with E-state index in [1.165, 1.54) is 17.7 Å². The summed E-state index contributed by atoms with van der Waals surface area (Å²) in [6.07, 6.45) is 2.96. The lowest BCUT2D eigenvalue weighted by molar-refractivity contribution is -0.132. The molecular weight excluding hydrogens is 376 g/mol. The van der Waals surface area contributed by atoms with Gasteiger partial charge in [0.05, 0.1) is 12.7 Å². The summed E-state index contributed by atoms with van der Waals surface area (Å²) in [6.45, 7) is 5.16. The maximum atomic E-state index is 13.8. The molecule has 1 amide bonds.